The lowest BCUT2D eigenvalue weighted by Crippen LogP contribution is -2.41. The molecular weight excluding hydrogens is 172 g/mol. The van der Waals surface area contributed by atoms with Gasteiger partial charge in [0.2, 0.25) is 0 Å². The van der Waals surface area contributed by atoms with Crippen LogP contribution in [0.4, 0.5) is 0 Å². The molecule has 13 heavy (non-hydrogen) atoms. The average Bonchev–Trinajstić information content (AvgIpc) is 2.35. The highest BCUT2D eigenvalue weighted by molar-refractivity contribution is 4.50. The number of nitrogens with zero attached hydrogens (tertiary/aromatic N) is 2. The molecule has 1 rings (SSSR count). The molecule has 0 bridgehead atoms. The molecule has 78 valence electrons. The third-order valence-corrected chi connectivity index (χ3v) is 2.41. The first kappa shape index (κ1) is 12.2. The fraction of sp³-hybridized carbons (Fsp3) is 1.00. The van der Waals surface area contributed by atoms with Crippen molar-refractivity contribution in [3.8, 4) is 0 Å². The molecule has 0 spiro atoms. The standard InChI is InChI=1S/C8H18N.NO3/c1-3-6-9(2)7-4-5-8-9;2-1(3)4/h3-8H2,1-2H3;/q+1;-1. The van der Waals surface area contributed by atoms with Gasteiger partial charge in [-0.05, 0) is 6.42 Å². The summed E-state index contributed by atoms with van der Waals surface area (Å²) in [4.78, 5) is 8.25. The summed E-state index contributed by atoms with van der Waals surface area (Å²) in [6.07, 6.45) is 4.25. The smallest absolute Gasteiger partial charge is 0.0786 e. The minimum atomic E-state index is -1.75. The Bertz CT molecular complexity index is 151. The van der Waals surface area contributed by atoms with Gasteiger partial charge in [-0.1, -0.05) is 6.92 Å². The fourth-order valence-electron chi connectivity index (χ4n) is 1.86. The van der Waals surface area contributed by atoms with Gasteiger partial charge in [0.05, 0.1) is 31.8 Å². The maximum Gasteiger partial charge on any atom is 0.0786 e. The van der Waals surface area contributed by atoms with Gasteiger partial charge in [-0.2, -0.15) is 0 Å². The van der Waals surface area contributed by atoms with Crippen molar-refractivity contribution in [1.29, 1.82) is 0 Å². The third-order valence-electron chi connectivity index (χ3n) is 2.41. The molecular formula is C8H18N2O3. The first-order valence-corrected chi connectivity index (χ1v) is 4.65. The van der Waals surface area contributed by atoms with Gasteiger partial charge in [-0.25, -0.2) is 0 Å². The normalized spacial score (nSPS) is 18.9. The van der Waals surface area contributed by atoms with E-state index in [0.29, 0.717) is 0 Å². The van der Waals surface area contributed by atoms with Gasteiger partial charge >= 0.3 is 0 Å². The Balaban J connectivity index is 0.000000310. The summed E-state index contributed by atoms with van der Waals surface area (Å²) < 4.78 is 1.34. The maximum absolute atomic E-state index is 8.25. The number of hydrogen-bond acceptors (Lipinski definition) is 3. The van der Waals surface area contributed by atoms with Crippen LogP contribution in [0.15, 0.2) is 0 Å². The number of hydrogen-bond donors (Lipinski definition) is 0. The van der Waals surface area contributed by atoms with Gasteiger partial charge in [-0.15, -0.1) is 0 Å². The van der Waals surface area contributed by atoms with E-state index in [9.17, 15) is 0 Å². The molecule has 1 aliphatic rings. The topological polar surface area (TPSA) is 66.2 Å². The number of quaternary nitrogens is 1. The van der Waals surface area contributed by atoms with E-state index >= 15 is 0 Å². The summed E-state index contributed by atoms with van der Waals surface area (Å²) in [7, 11) is 2.39. The molecule has 0 aliphatic carbocycles. The van der Waals surface area contributed by atoms with Crippen LogP contribution in [0.25, 0.3) is 0 Å². The predicted octanol–water partition coefficient (Wildman–Crippen LogP) is 1.40. The van der Waals surface area contributed by atoms with Crippen molar-refractivity contribution in [3.63, 3.8) is 0 Å². The van der Waals surface area contributed by atoms with Gasteiger partial charge in [0, 0.05) is 12.8 Å². The number of likely N-dealkylation sites (tertiary alicyclic amines) is 1. The molecule has 1 fully saturated rings. The van der Waals surface area contributed by atoms with Crippen molar-refractivity contribution in [1.82, 2.24) is 0 Å². The largest absolute Gasteiger partial charge is 0.356 e. The molecule has 0 saturated carbocycles. The molecule has 0 aromatic heterocycles. The van der Waals surface area contributed by atoms with Gasteiger partial charge in [-0.3, -0.25) is 0 Å². The molecule has 0 aromatic carbocycles. The van der Waals surface area contributed by atoms with Crippen LogP contribution in [0.2, 0.25) is 0 Å². The van der Waals surface area contributed by atoms with Crippen molar-refractivity contribution < 1.29 is 9.57 Å². The van der Waals surface area contributed by atoms with Crippen molar-refractivity contribution in [2.24, 2.45) is 0 Å². The highest BCUT2D eigenvalue weighted by Crippen LogP contribution is 2.15. The molecule has 5 heteroatoms. The quantitative estimate of drug-likeness (QED) is 0.375. The Morgan fingerprint density at radius 1 is 1.31 bits per heavy atom. The van der Waals surface area contributed by atoms with E-state index in [-0.39, 0.29) is 0 Å². The molecule has 0 radical (unpaired) electrons. The van der Waals surface area contributed by atoms with E-state index in [4.69, 9.17) is 15.3 Å². The van der Waals surface area contributed by atoms with Crippen molar-refractivity contribution in [2.45, 2.75) is 26.2 Å². The minimum absolute atomic E-state index is 1.34. The lowest BCUT2D eigenvalue weighted by atomic mass is 10.4. The highest BCUT2D eigenvalue weighted by atomic mass is 16.9. The van der Waals surface area contributed by atoms with Gasteiger partial charge in [0.15, 0.2) is 0 Å². The van der Waals surface area contributed by atoms with E-state index in [1.54, 1.807) is 0 Å². The van der Waals surface area contributed by atoms with Crippen LogP contribution in [0.3, 0.4) is 0 Å². The van der Waals surface area contributed by atoms with Crippen molar-refractivity contribution in [3.05, 3.63) is 15.3 Å². The van der Waals surface area contributed by atoms with Crippen LogP contribution in [0.5, 0.6) is 0 Å². The van der Waals surface area contributed by atoms with Gasteiger partial charge in [0.25, 0.3) is 0 Å². The fourth-order valence-corrected chi connectivity index (χ4v) is 1.86. The zero-order valence-electron chi connectivity index (χ0n) is 8.36. The van der Waals surface area contributed by atoms with E-state index in [1.807, 2.05) is 0 Å². The highest BCUT2D eigenvalue weighted by Gasteiger charge is 2.24. The summed E-state index contributed by atoms with van der Waals surface area (Å²) >= 11 is 0. The number of rotatable bonds is 2. The zero-order chi connectivity index (χ0) is 10.3. The van der Waals surface area contributed by atoms with Crippen LogP contribution in [0.1, 0.15) is 26.2 Å². The third kappa shape index (κ3) is 6.33. The van der Waals surface area contributed by atoms with E-state index in [2.05, 4.69) is 14.0 Å². The lowest BCUT2D eigenvalue weighted by molar-refractivity contribution is -0.897. The first-order valence-electron chi connectivity index (χ1n) is 4.65. The lowest BCUT2D eigenvalue weighted by Gasteiger charge is -2.28. The van der Waals surface area contributed by atoms with E-state index in [1.165, 1.54) is 43.4 Å². The second kappa shape index (κ2) is 5.75. The molecule has 1 aliphatic heterocycles. The molecule has 5 nitrogen and oxygen atoms in total. The Kier molecular flexibility index (Phi) is 5.37. The zero-order valence-corrected chi connectivity index (χ0v) is 8.36. The SMILES string of the molecule is CCC[N+]1(C)CCCC1.O=[N+]([O-])[O-]. The molecule has 0 unspecified atom stereocenters. The first-order chi connectivity index (χ1) is 6.00. The monoisotopic (exact) mass is 190 g/mol. The molecule has 1 heterocycles. The Morgan fingerprint density at radius 3 is 2.00 bits per heavy atom. The summed E-state index contributed by atoms with van der Waals surface area (Å²) in [5.41, 5.74) is 0. The van der Waals surface area contributed by atoms with E-state index < -0.39 is 5.09 Å². The summed E-state index contributed by atoms with van der Waals surface area (Å²) in [5, 5.41) is 14.8. The van der Waals surface area contributed by atoms with Crippen molar-refractivity contribution in [2.75, 3.05) is 26.7 Å². The summed E-state index contributed by atoms with van der Waals surface area (Å²) in [5.74, 6) is 0. The Labute approximate surface area is 78.7 Å². The van der Waals surface area contributed by atoms with E-state index in [0.717, 1.165) is 0 Å². The summed E-state index contributed by atoms with van der Waals surface area (Å²) in [6, 6.07) is 0. The second-order valence-corrected chi connectivity index (χ2v) is 3.72. The molecule has 0 N–H and O–H groups in total. The van der Waals surface area contributed by atoms with Crippen LogP contribution in [0, 0.1) is 15.3 Å². The molecule has 0 atom stereocenters. The summed E-state index contributed by atoms with van der Waals surface area (Å²) in [6.45, 7) is 6.52. The Morgan fingerprint density at radius 2 is 1.69 bits per heavy atom. The molecule has 0 amide bonds. The molecule has 1 saturated heterocycles. The van der Waals surface area contributed by atoms with Gasteiger partial charge < -0.3 is 19.8 Å². The average molecular weight is 190 g/mol. The minimum Gasteiger partial charge on any atom is -0.356 e. The van der Waals surface area contributed by atoms with Crippen LogP contribution >= 0.6 is 0 Å². The maximum atomic E-state index is 8.25. The molecule has 0 aromatic rings. The Hall–Kier alpha value is -0.840. The van der Waals surface area contributed by atoms with Crippen molar-refractivity contribution >= 4 is 0 Å². The van der Waals surface area contributed by atoms with Crippen LogP contribution < -0.4 is 0 Å². The van der Waals surface area contributed by atoms with Crippen LogP contribution in [-0.2, 0) is 0 Å². The predicted molar refractivity (Wildman–Crippen MR) is 50.7 cm³/mol. The van der Waals surface area contributed by atoms with Gasteiger partial charge in [0.1, 0.15) is 0 Å². The van der Waals surface area contributed by atoms with Crippen LogP contribution in [-0.4, -0.2) is 36.3 Å². The second-order valence-electron chi connectivity index (χ2n) is 3.72.